The Balaban J connectivity index is 1.91. The van der Waals surface area contributed by atoms with Crippen LogP contribution in [0.5, 0.6) is 0 Å². The number of rotatable bonds is 4. The summed E-state index contributed by atoms with van der Waals surface area (Å²) in [5, 5.41) is 11.7. The zero-order chi connectivity index (χ0) is 17.4. The average Bonchev–Trinajstić information content (AvgIpc) is 2.77. The molecule has 0 bridgehead atoms. The third-order valence-corrected chi connectivity index (χ3v) is 5.02. The summed E-state index contributed by atoms with van der Waals surface area (Å²) in [6.45, 7) is 3.84. The molecule has 24 heavy (non-hydrogen) atoms. The van der Waals surface area contributed by atoms with E-state index in [-0.39, 0.29) is 24.2 Å². The van der Waals surface area contributed by atoms with Gasteiger partial charge in [0.2, 0.25) is 11.8 Å². The lowest BCUT2D eigenvalue weighted by molar-refractivity contribution is -0.310. The van der Waals surface area contributed by atoms with Crippen LogP contribution in [-0.4, -0.2) is 28.7 Å². The molecule has 1 fully saturated rings. The highest BCUT2D eigenvalue weighted by Crippen LogP contribution is 2.41. The Kier molecular flexibility index (Phi) is 4.26. The Morgan fingerprint density at radius 1 is 1.25 bits per heavy atom. The van der Waals surface area contributed by atoms with Crippen LogP contribution in [0.3, 0.4) is 0 Å². The molecular formula is C19H20NO4-. The lowest BCUT2D eigenvalue weighted by Crippen LogP contribution is -2.52. The molecular weight excluding hydrogens is 306 g/mol. The van der Waals surface area contributed by atoms with Crippen molar-refractivity contribution < 1.29 is 19.5 Å². The molecule has 4 atom stereocenters. The summed E-state index contributed by atoms with van der Waals surface area (Å²) in [4.78, 5) is 38.2. The maximum absolute atomic E-state index is 12.8. The monoisotopic (exact) mass is 326 g/mol. The van der Waals surface area contributed by atoms with Gasteiger partial charge in [0.25, 0.3) is 0 Å². The van der Waals surface area contributed by atoms with Crippen molar-refractivity contribution in [2.45, 2.75) is 32.7 Å². The second-order valence-electron chi connectivity index (χ2n) is 6.78. The summed E-state index contributed by atoms with van der Waals surface area (Å²) in [6.07, 6.45) is 2.59. The Bertz CT molecular complexity index is 709. The predicted molar refractivity (Wildman–Crippen MR) is 85.3 cm³/mol. The summed E-state index contributed by atoms with van der Waals surface area (Å²) >= 11 is 0. The van der Waals surface area contributed by atoms with Crippen LogP contribution in [0.25, 0.3) is 0 Å². The molecule has 2 amide bonds. The second-order valence-corrected chi connectivity index (χ2v) is 6.78. The minimum absolute atomic E-state index is 0.0654. The van der Waals surface area contributed by atoms with Crippen LogP contribution < -0.4 is 5.11 Å². The van der Waals surface area contributed by atoms with E-state index >= 15 is 0 Å². The van der Waals surface area contributed by atoms with Gasteiger partial charge in [-0.1, -0.05) is 48.9 Å². The van der Waals surface area contributed by atoms with Crippen LogP contribution in [0.2, 0.25) is 0 Å². The highest BCUT2D eigenvalue weighted by atomic mass is 16.4. The maximum Gasteiger partial charge on any atom is 0.234 e. The molecule has 1 aromatic rings. The van der Waals surface area contributed by atoms with E-state index < -0.39 is 23.8 Å². The molecule has 1 aliphatic carbocycles. The zero-order valence-electron chi connectivity index (χ0n) is 13.8. The third-order valence-electron chi connectivity index (χ3n) is 5.02. The molecule has 0 radical (unpaired) electrons. The van der Waals surface area contributed by atoms with Gasteiger partial charge in [0.1, 0.15) is 0 Å². The van der Waals surface area contributed by atoms with E-state index in [1.165, 1.54) is 0 Å². The summed E-state index contributed by atoms with van der Waals surface area (Å²) in [6, 6.07) is 7.72. The maximum atomic E-state index is 12.8. The van der Waals surface area contributed by atoms with E-state index in [2.05, 4.69) is 0 Å². The summed E-state index contributed by atoms with van der Waals surface area (Å²) < 4.78 is 0. The van der Waals surface area contributed by atoms with Crippen molar-refractivity contribution in [2.75, 3.05) is 0 Å². The Hall–Kier alpha value is -2.43. The number of nitrogens with zero attached hydrogens (tertiary/aromatic N) is 1. The molecule has 1 heterocycles. The number of aliphatic carboxylic acids is 1. The molecule has 1 aromatic carbocycles. The summed E-state index contributed by atoms with van der Waals surface area (Å²) in [7, 11) is 0. The quantitative estimate of drug-likeness (QED) is 0.609. The number of amides is 2. The first-order valence-electron chi connectivity index (χ1n) is 8.19. The molecule has 1 saturated heterocycles. The number of allylic oxidation sites excluding steroid dienone is 2. The molecule has 0 saturated carbocycles. The topological polar surface area (TPSA) is 77.5 Å². The standard InChI is InChI=1S/C19H21NO4/c1-11-8-12(2)16-14(9-11)17(21)20(18(16)22)15(19(23)24)10-13-6-4-3-5-7-13/h3-8,12,14-16H,9-10H2,1-2H3,(H,23,24)/p-1/t12-,14+,15-,16-/m1/s1. The van der Waals surface area contributed by atoms with Crippen LogP contribution in [0, 0.1) is 17.8 Å². The van der Waals surface area contributed by atoms with Gasteiger partial charge in [0.05, 0.1) is 23.8 Å². The number of benzene rings is 1. The molecule has 0 aromatic heterocycles. The van der Waals surface area contributed by atoms with Gasteiger partial charge in [-0.3, -0.25) is 14.5 Å². The first kappa shape index (κ1) is 16.4. The molecule has 5 nitrogen and oxygen atoms in total. The molecule has 1 aliphatic heterocycles. The summed E-state index contributed by atoms with van der Waals surface area (Å²) in [5.74, 6) is -3.13. The van der Waals surface area contributed by atoms with Crippen molar-refractivity contribution in [3.63, 3.8) is 0 Å². The van der Waals surface area contributed by atoms with E-state index in [0.29, 0.717) is 6.42 Å². The first-order valence-corrected chi connectivity index (χ1v) is 8.19. The predicted octanol–water partition coefficient (Wildman–Crippen LogP) is 0.935. The van der Waals surface area contributed by atoms with E-state index in [1.807, 2.05) is 26.0 Å². The van der Waals surface area contributed by atoms with E-state index in [0.717, 1.165) is 16.0 Å². The highest BCUT2D eigenvalue weighted by Gasteiger charge is 2.52. The lowest BCUT2D eigenvalue weighted by atomic mass is 9.76. The van der Waals surface area contributed by atoms with Gasteiger partial charge >= 0.3 is 0 Å². The van der Waals surface area contributed by atoms with Crippen molar-refractivity contribution >= 4 is 17.8 Å². The Morgan fingerprint density at radius 3 is 2.54 bits per heavy atom. The number of fused-ring (bicyclic) bond motifs is 1. The van der Waals surface area contributed by atoms with Crippen LogP contribution in [-0.2, 0) is 20.8 Å². The van der Waals surface area contributed by atoms with Crippen LogP contribution in [0.15, 0.2) is 42.0 Å². The number of imide groups is 1. The smallest absolute Gasteiger partial charge is 0.234 e. The van der Waals surface area contributed by atoms with Crippen LogP contribution in [0.4, 0.5) is 0 Å². The van der Waals surface area contributed by atoms with Crippen molar-refractivity contribution in [3.8, 4) is 0 Å². The fourth-order valence-electron chi connectivity index (χ4n) is 3.97. The van der Waals surface area contributed by atoms with Crippen molar-refractivity contribution in [1.82, 2.24) is 4.90 Å². The largest absolute Gasteiger partial charge is 0.548 e. The van der Waals surface area contributed by atoms with Crippen molar-refractivity contribution in [2.24, 2.45) is 17.8 Å². The lowest BCUT2D eigenvalue weighted by Gasteiger charge is -2.28. The van der Waals surface area contributed by atoms with Gasteiger partial charge in [-0.05, 0) is 31.2 Å². The number of hydrogen-bond acceptors (Lipinski definition) is 4. The minimum atomic E-state index is -1.39. The minimum Gasteiger partial charge on any atom is -0.548 e. The van der Waals surface area contributed by atoms with Crippen molar-refractivity contribution in [1.29, 1.82) is 0 Å². The number of hydrogen-bond donors (Lipinski definition) is 0. The van der Waals surface area contributed by atoms with E-state index in [1.54, 1.807) is 24.3 Å². The van der Waals surface area contributed by atoms with Gasteiger partial charge in [-0.25, -0.2) is 0 Å². The fraction of sp³-hybridized carbons (Fsp3) is 0.421. The number of likely N-dealkylation sites (tertiary alicyclic amines) is 1. The zero-order valence-corrected chi connectivity index (χ0v) is 13.8. The third kappa shape index (κ3) is 2.75. The van der Waals surface area contributed by atoms with E-state index in [4.69, 9.17) is 0 Å². The molecule has 0 unspecified atom stereocenters. The summed E-state index contributed by atoms with van der Waals surface area (Å²) in [5.41, 5.74) is 1.82. The number of carbonyl (C=O) groups excluding carboxylic acids is 3. The van der Waals surface area contributed by atoms with Crippen molar-refractivity contribution in [3.05, 3.63) is 47.5 Å². The molecule has 2 aliphatic rings. The second kappa shape index (κ2) is 6.23. The molecule has 0 spiro atoms. The Morgan fingerprint density at radius 2 is 1.92 bits per heavy atom. The van der Waals surface area contributed by atoms with Gasteiger partial charge < -0.3 is 9.90 Å². The average molecular weight is 326 g/mol. The molecule has 0 N–H and O–H groups in total. The molecule has 5 heteroatoms. The number of carboxylic acid groups (broad SMARTS) is 1. The van der Waals surface area contributed by atoms with E-state index in [9.17, 15) is 19.5 Å². The van der Waals surface area contributed by atoms with Gasteiger partial charge in [0, 0.05) is 0 Å². The van der Waals surface area contributed by atoms with Gasteiger partial charge in [-0.15, -0.1) is 0 Å². The van der Waals surface area contributed by atoms with Gasteiger partial charge in [-0.2, -0.15) is 0 Å². The Labute approximate surface area is 141 Å². The fourth-order valence-corrected chi connectivity index (χ4v) is 3.97. The highest BCUT2D eigenvalue weighted by molar-refractivity contribution is 6.08. The number of carboxylic acids is 1. The SMILES string of the molecule is CC1=C[C@@H](C)[C@H]2C(=O)N([C@H](Cc3ccccc3)C(=O)[O-])C(=O)[C@H]2C1. The van der Waals surface area contributed by atoms with Crippen LogP contribution in [0.1, 0.15) is 25.8 Å². The molecule has 126 valence electrons. The van der Waals surface area contributed by atoms with Gasteiger partial charge in [0.15, 0.2) is 0 Å². The number of carbonyl (C=O) groups is 3. The molecule has 3 rings (SSSR count). The first-order chi connectivity index (χ1) is 11.4. The normalized spacial score (nSPS) is 27.7. The van der Waals surface area contributed by atoms with Crippen LogP contribution >= 0.6 is 0 Å².